The number of hydrogen-bond acceptors (Lipinski definition) is 5. The molecule has 1 fully saturated rings. The van der Waals surface area contributed by atoms with Gasteiger partial charge in [-0.1, -0.05) is 50.1 Å². The Labute approximate surface area is 229 Å². The van der Waals surface area contributed by atoms with Gasteiger partial charge in [0.1, 0.15) is 0 Å². The van der Waals surface area contributed by atoms with E-state index in [0.717, 1.165) is 41.6 Å². The molecule has 4 rings (SSSR count). The number of anilines is 1. The molecule has 2 aliphatic heterocycles. The molecule has 3 amide bonds. The number of nitrogens with zero attached hydrogens (tertiary/aromatic N) is 3. The van der Waals surface area contributed by atoms with Crippen LogP contribution in [0.15, 0.2) is 54.6 Å². The van der Waals surface area contributed by atoms with Crippen molar-refractivity contribution >= 4 is 29.4 Å². The normalized spacial score (nSPS) is 17.4. The van der Waals surface area contributed by atoms with Crippen LogP contribution in [0.1, 0.15) is 54.1 Å². The summed E-state index contributed by atoms with van der Waals surface area (Å²) in [5.41, 5.74) is 4.17. The van der Waals surface area contributed by atoms with Gasteiger partial charge in [-0.15, -0.1) is 0 Å². The van der Waals surface area contributed by atoms with Gasteiger partial charge in [-0.05, 0) is 53.8 Å². The Morgan fingerprint density at radius 3 is 2.49 bits per heavy atom. The smallest absolute Gasteiger partial charge is 0.407 e. The third-order valence-corrected chi connectivity index (χ3v) is 7.27. The van der Waals surface area contributed by atoms with E-state index in [-0.39, 0.29) is 12.1 Å². The molecule has 0 aromatic heterocycles. The first-order chi connectivity index (χ1) is 18.9. The van der Waals surface area contributed by atoms with Crippen LogP contribution in [-0.2, 0) is 16.0 Å². The molecule has 1 unspecified atom stereocenters. The van der Waals surface area contributed by atoms with Crippen molar-refractivity contribution in [1.29, 1.82) is 0 Å². The average molecular weight is 536 g/mol. The molecule has 0 radical (unpaired) electrons. The largest absolute Gasteiger partial charge is 0.465 e. The number of benzene rings is 2. The molecule has 9 heteroatoms. The summed E-state index contributed by atoms with van der Waals surface area (Å²) >= 11 is 0. The molecule has 1 atom stereocenters. The number of carbonyl (C=O) groups excluding carboxylic acids is 2. The molecular formula is C30H37N3O6. The second-order valence-electron chi connectivity index (χ2n) is 9.83. The third-order valence-electron chi connectivity index (χ3n) is 7.27. The first-order valence-electron chi connectivity index (χ1n) is 13.5. The molecule has 0 spiro atoms. The minimum atomic E-state index is -0.888. The maximum atomic E-state index is 13.7. The van der Waals surface area contributed by atoms with Gasteiger partial charge >= 0.3 is 18.1 Å². The number of ether oxygens (including phenoxy) is 2. The van der Waals surface area contributed by atoms with Crippen molar-refractivity contribution < 1.29 is 29.0 Å². The highest BCUT2D eigenvalue weighted by Gasteiger charge is 2.28. The van der Waals surface area contributed by atoms with Crippen molar-refractivity contribution in [3.63, 3.8) is 0 Å². The number of unbranched alkanes of at least 4 members (excludes halogenated alkanes) is 1. The zero-order valence-corrected chi connectivity index (χ0v) is 22.7. The van der Waals surface area contributed by atoms with E-state index < -0.39 is 12.1 Å². The Balaban J connectivity index is 1.64. The summed E-state index contributed by atoms with van der Waals surface area (Å²) in [6.07, 6.45) is 4.54. The van der Waals surface area contributed by atoms with Crippen LogP contribution in [0.2, 0.25) is 0 Å². The van der Waals surface area contributed by atoms with Gasteiger partial charge in [0.2, 0.25) is 0 Å². The van der Waals surface area contributed by atoms with Crippen LogP contribution >= 0.6 is 0 Å². The maximum absolute atomic E-state index is 13.7. The van der Waals surface area contributed by atoms with Crippen LogP contribution in [0, 0.1) is 0 Å². The molecule has 2 aromatic rings. The minimum absolute atomic E-state index is 0.108. The minimum Gasteiger partial charge on any atom is -0.465 e. The Bertz CT molecular complexity index is 1190. The van der Waals surface area contributed by atoms with Crippen molar-refractivity contribution in [1.82, 2.24) is 9.80 Å². The Hall–Kier alpha value is -3.85. The van der Waals surface area contributed by atoms with Crippen LogP contribution in [-0.4, -0.2) is 79.0 Å². The second kappa shape index (κ2) is 13.3. The topological polar surface area (TPSA) is 99.6 Å². The monoisotopic (exact) mass is 535 g/mol. The van der Waals surface area contributed by atoms with Crippen LogP contribution in [0.4, 0.5) is 15.3 Å². The molecule has 9 nitrogen and oxygen atoms in total. The van der Waals surface area contributed by atoms with E-state index in [0.29, 0.717) is 51.4 Å². The molecule has 1 saturated heterocycles. The molecular weight excluding hydrogens is 498 g/mol. The molecule has 2 aromatic carbocycles. The fraction of sp³-hybridized carbons (Fsp3) is 0.433. The number of carbonyl (C=O) groups is 3. The van der Waals surface area contributed by atoms with Gasteiger partial charge < -0.3 is 24.4 Å². The predicted molar refractivity (Wildman–Crippen MR) is 149 cm³/mol. The van der Waals surface area contributed by atoms with E-state index in [2.05, 4.69) is 13.0 Å². The molecule has 2 heterocycles. The summed E-state index contributed by atoms with van der Waals surface area (Å²) in [5, 5.41) is 9.68. The molecule has 39 heavy (non-hydrogen) atoms. The van der Waals surface area contributed by atoms with Crippen molar-refractivity contribution in [2.75, 3.05) is 44.9 Å². The van der Waals surface area contributed by atoms with Gasteiger partial charge in [0, 0.05) is 25.3 Å². The quantitative estimate of drug-likeness (QED) is 0.463. The highest BCUT2D eigenvalue weighted by Crippen LogP contribution is 2.31. The van der Waals surface area contributed by atoms with Gasteiger partial charge in [-0.3, -0.25) is 4.90 Å². The number of carboxylic acid groups (broad SMARTS) is 1. The molecule has 0 saturated carbocycles. The van der Waals surface area contributed by atoms with E-state index in [4.69, 9.17) is 9.47 Å². The van der Waals surface area contributed by atoms with E-state index in [1.807, 2.05) is 36.4 Å². The number of urea groups is 1. The predicted octanol–water partition coefficient (Wildman–Crippen LogP) is 5.26. The van der Waals surface area contributed by atoms with Gasteiger partial charge in [0.15, 0.2) is 0 Å². The zero-order valence-electron chi connectivity index (χ0n) is 22.7. The molecule has 0 bridgehead atoms. The summed E-state index contributed by atoms with van der Waals surface area (Å²) in [7, 11) is 1.35. The Kier molecular flexibility index (Phi) is 9.59. The van der Waals surface area contributed by atoms with Crippen LogP contribution in [0.5, 0.6) is 0 Å². The summed E-state index contributed by atoms with van der Waals surface area (Å²) in [6, 6.07) is 14.7. The number of amides is 3. The van der Waals surface area contributed by atoms with Gasteiger partial charge in [-0.25, -0.2) is 14.4 Å². The lowest BCUT2D eigenvalue weighted by molar-refractivity contribution is 0.0548. The molecule has 1 N–H and O–H groups in total. The summed E-state index contributed by atoms with van der Waals surface area (Å²) < 4.78 is 10.3. The molecule has 208 valence electrons. The number of esters is 1. The number of rotatable bonds is 8. The van der Waals surface area contributed by atoms with Gasteiger partial charge in [0.05, 0.1) is 38.5 Å². The van der Waals surface area contributed by atoms with Crippen molar-refractivity contribution in [2.24, 2.45) is 0 Å². The highest BCUT2D eigenvalue weighted by atomic mass is 16.5. The Morgan fingerprint density at radius 1 is 1.08 bits per heavy atom. The number of hydrogen-bond donors (Lipinski definition) is 1. The lowest BCUT2D eigenvalue weighted by Gasteiger charge is -2.34. The summed E-state index contributed by atoms with van der Waals surface area (Å²) in [6.45, 7) is 4.91. The highest BCUT2D eigenvalue weighted by molar-refractivity contribution is 5.93. The lowest BCUT2D eigenvalue weighted by Crippen LogP contribution is -2.48. The third kappa shape index (κ3) is 6.97. The van der Waals surface area contributed by atoms with Crippen molar-refractivity contribution in [2.45, 2.75) is 45.2 Å². The van der Waals surface area contributed by atoms with Crippen molar-refractivity contribution in [3.8, 4) is 0 Å². The first-order valence-corrected chi connectivity index (χ1v) is 13.5. The van der Waals surface area contributed by atoms with Crippen LogP contribution in [0.3, 0.4) is 0 Å². The first kappa shape index (κ1) is 28.2. The molecule has 2 aliphatic rings. The fourth-order valence-electron chi connectivity index (χ4n) is 5.06. The fourth-order valence-corrected chi connectivity index (χ4v) is 5.06. The number of methoxy groups -OCH3 is 1. The van der Waals surface area contributed by atoms with E-state index in [1.54, 1.807) is 21.9 Å². The van der Waals surface area contributed by atoms with E-state index in [9.17, 15) is 19.5 Å². The van der Waals surface area contributed by atoms with Gasteiger partial charge in [-0.2, -0.15) is 0 Å². The SMILES string of the molecule is CCCCC1C=C(c2cccc(N(Cc3ccc(C(=O)OC)cc3)C(=O)N3CCOCC3)c2)CCN1C(=O)O. The summed E-state index contributed by atoms with van der Waals surface area (Å²) in [5.74, 6) is -0.407. The lowest BCUT2D eigenvalue weighted by atomic mass is 9.93. The van der Waals surface area contributed by atoms with Crippen molar-refractivity contribution in [3.05, 3.63) is 71.3 Å². The van der Waals surface area contributed by atoms with Crippen LogP contribution < -0.4 is 4.90 Å². The summed E-state index contributed by atoms with van der Waals surface area (Å²) in [4.78, 5) is 42.5. The van der Waals surface area contributed by atoms with E-state index >= 15 is 0 Å². The van der Waals surface area contributed by atoms with Crippen LogP contribution in [0.25, 0.3) is 5.57 Å². The van der Waals surface area contributed by atoms with Gasteiger partial charge in [0.25, 0.3) is 0 Å². The standard InChI is InChI=1S/C30H37N3O6/c1-3-4-7-26-20-25(13-14-32(26)30(36)37)24-6-5-8-27(19-24)33(29(35)31-15-17-39-18-16-31)21-22-9-11-23(12-10-22)28(34)38-2/h5-6,8-12,19-20,26H,3-4,7,13-18,21H2,1-2H3,(H,36,37). The number of morpholine rings is 1. The average Bonchev–Trinajstić information content (AvgIpc) is 2.98. The Morgan fingerprint density at radius 2 is 1.82 bits per heavy atom. The maximum Gasteiger partial charge on any atom is 0.407 e. The zero-order chi connectivity index (χ0) is 27.8. The van der Waals surface area contributed by atoms with E-state index in [1.165, 1.54) is 12.0 Å². The second-order valence-corrected chi connectivity index (χ2v) is 9.83. The molecule has 0 aliphatic carbocycles.